The maximum Gasteiger partial charge on any atom is 0.323 e. The van der Waals surface area contributed by atoms with Gasteiger partial charge in [-0.25, -0.2) is 4.79 Å². The van der Waals surface area contributed by atoms with Gasteiger partial charge in [0, 0.05) is 16.2 Å². The van der Waals surface area contributed by atoms with E-state index < -0.39 is 0 Å². The molecule has 2 heterocycles. The van der Waals surface area contributed by atoms with E-state index in [0.717, 1.165) is 23.0 Å². The molecule has 4 rings (SSSR count). The van der Waals surface area contributed by atoms with E-state index >= 15 is 0 Å². The predicted molar refractivity (Wildman–Crippen MR) is 107 cm³/mol. The first-order valence-corrected chi connectivity index (χ1v) is 9.36. The minimum Gasteiger partial charge on any atom is -0.359 e. The van der Waals surface area contributed by atoms with E-state index in [-0.39, 0.29) is 18.1 Å². The number of hydrogen-bond acceptors (Lipinski definition) is 3. The summed E-state index contributed by atoms with van der Waals surface area (Å²) in [5.74, 6) is -0.0912. The zero-order chi connectivity index (χ0) is 18.3. The number of nitrogens with zero attached hydrogens (tertiary/aromatic N) is 1. The van der Waals surface area contributed by atoms with E-state index in [1.165, 1.54) is 5.56 Å². The summed E-state index contributed by atoms with van der Waals surface area (Å²) < 4.78 is 0.723. The number of amides is 1. The van der Waals surface area contributed by atoms with Gasteiger partial charge in [-0.05, 0) is 59.5 Å². The Bertz CT molecular complexity index is 1040. The van der Waals surface area contributed by atoms with Crippen molar-refractivity contribution in [2.45, 2.75) is 25.8 Å². The predicted octanol–water partition coefficient (Wildman–Crippen LogP) is 3.40. The third-order valence-electron chi connectivity index (χ3n) is 4.86. The minimum atomic E-state index is -0.269. The Hall–Kier alpha value is -2.54. The molecule has 0 radical (unpaired) electrons. The number of carbonyl (C=O) groups excluding carboxylic acids is 1. The lowest BCUT2D eigenvalue weighted by atomic mass is 9.96. The van der Waals surface area contributed by atoms with Crippen LogP contribution in [-0.4, -0.2) is 28.5 Å². The molecular formula is C19H19BrN4O2. The van der Waals surface area contributed by atoms with Gasteiger partial charge >= 0.3 is 5.69 Å². The zero-order valence-corrected chi connectivity index (χ0v) is 15.9. The SMILES string of the molecule is C[C@@H]1CCc2ccccc2N1CC(=O)Nc1cc2[nH]c(=O)[nH]c2cc1Br. The summed E-state index contributed by atoms with van der Waals surface area (Å²) in [5, 5.41) is 2.95. The molecule has 26 heavy (non-hydrogen) atoms. The van der Waals surface area contributed by atoms with Crippen molar-refractivity contribution < 1.29 is 4.79 Å². The lowest BCUT2D eigenvalue weighted by molar-refractivity contribution is -0.115. The van der Waals surface area contributed by atoms with Crippen LogP contribution in [0.5, 0.6) is 0 Å². The maximum absolute atomic E-state index is 12.7. The van der Waals surface area contributed by atoms with Crippen LogP contribution in [0.15, 0.2) is 45.7 Å². The summed E-state index contributed by atoms with van der Waals surface area (Å²) in [6.07, 6.45) is 2.07. The van der Waals surface area contributed by atoms with Gasteiger partial charge in [-0.15, -0.1) is 0 Å². The molecule has 0 saturated heterocycles. The van der Waals surface area contributed by atoms with Gasteiger partial charge in [0.2, 0.25) is 5.91 Å². The molecule has 1 atom stereocenters. The number of anilines is 2. The van der Waals surface area contributed by atoms with Crippen molar-refractivity contribution in [2.75, 3.05) is 16.8 Å². The number of aromatic amines is 2. The third-order valence-corrected chi connectivity index (χ3v) is 5.51. The second kappa shape index (κ2) is 6.64. The van der Waals surface area contributed by atoms with Crippen molar-refractivity contribution in [1.29, 1.82) is 0 Å². The standard InChI is InChI=1S/C19H19BrN4O2/c1-11-6-7-12-4-2-3-5-17(12)24(11)10-18(25)21-14-9-16-15(8-13(14)20)22-19(26)23-16/h2-5,8-9,11H,6-7,10H2,1H3,(H,21,25)(H2,22,23,26)/t11-/m1/s1. The molecule has 0 unspecified atom stereocenters. The summed E-state index contributed by atoms with van der Waals surface area (Å²) in [6.45, 7) is 2.43. The summed E-state index contributed by atoms with van der Waals surface area (Å²) in [4.78, 5) is 31.7. The fourth-order valence-electron chi connectivity index (χ4n) is 3.50. The van der Waals surface area contributed by atoms with Crippen LogP contribution >= 0.6 is 15.9 Å². The van der Waals surface area contributed by atoms with Crippen molar-refractivity contribution in [2.24, 2.45) is 0 Å². The van der Waals surface area contributed by atoms with Crippen LogP contribution in [0.3, 0.4) is 0 Å². The molecule has 1 aliphatic rings. The number of hydrogen-bond donors (Lipinski definition) is 3. The van der Waals surface area contributed by atoms with Gasteiger partial charge < -0.3 is 20.2 Å². The first kappa shape index (κ1) is 16.9. The van der Waals surface area contributed by atoms with E-state index in [2.05, 4.69) is 55.2 Å². The molecule has 0 spiro atoms. The molecule has 1 aliphatic heterocycles. The number of halogens is 1. The fraction of sp³-hybridized carbons (Fsp3) is 0.263. The largest absolute Gasteiger partial charge is 0.359 e. The summed E-state index contributed by atoms with van der Waals surface area (Å²) in [5.41, 5.74) is 4.13. The quantitative estimate of drug-likeness (QED) is 0.614. The molecule has 0 saturated carbocycles. The lowest BCUT2D eigenvalue weighted by Crippen LogP contribution is -2.42. The Morgan fingerprint density at radius 2 is 2.00 bits per heavy atom. The summed E-state index contributed by atoms with van der Waals surface area (Å²) in [6, 6.07) is 12.1. The number of nitrogens with one attached hydrogen (secondary N) is 3. The van der Waals surface area contributed by atoms with Crippen LogP contribution in [0.25, 0.3) is 11.0 Å². The molecule has 7 heteroatoms. The smallest absolute Gasteiger partial charge is 0.323 e. The number of fused-ring (bicyclic) bond motifs is 2. The van der Waals surface area contributed by atoms with E-state index in [0.29, 0.717) is 22.8 Å². The molecule has 3 aromatic rings. The minimum absolute atomic E-state index is 0.0912. The Labute approximate surface area is 158 Å². The number of aromatic nitrogens is 2. The van der Waals surface area contributed by atoms with Crippen molar-refractivity contribution in [3.05, 3.63) is 56.9 Å². The van der Waals surface area contributed by atoms with Gasteiger partial charge in [0.25, 0.3) is 0 Å². The highest BCUT2D eigenvalue weighted by Gasteiger charge is 2.24. The van der Waals surface area contributed by atoms with Gasteiger partial charge in [0.1, 0.15) is 0 Å². The molecule has 2 aromatic carbocycles. The Kier molecular flexibility index (Phi) is 4.32. The Balaban J connectivity index is 1.56. The van der Waals surface area contributed by atoms with Gasteiger partial charge in [-0.3, -0.25) is 4.79 Å². The van der Waals surface area contributed by atoms with Crippen molar-refractivity contribution in [3.63, 3.8) is 0 Å². The average molecular weight is 415 g/mol. The van der Waals surface area contributed by atoms with Crippen molar-refractivity contribution in [1.82, 2.24) is 9.97 Å². The van der Waals surface area contributed by atoms with Gasteiger partial charge in [-0.1, -0.05) is 18.2 Å². The molecule has 0 fully saturated rings. The van der Waals surface area contributed by atoms with Crippen LogP contribution in [0, 0.1) is 0 Å². The topological polar surface area (TPSA) is 81.0 Å². The van der Waals surface area contributed by atoms with Crippen LogP contribution in [0.1, 0.15) is 18.9 Å². The van der Waals surface area contributed by atoms with Crippen LogP contribution < -0.4 is 15.9 Å². The lowest BCUT2D eigenvalue weighted by Gasteiger charge is -2.36. The molecule has 0 bridgehead atoms. The monoisotopic (exact) mass is 414 g/mol. The van der Waals surface area contributed by atoms with E-state index in [9.17, 15) is 9.59 Å². The van der Waals surface area contributed by atoms with E-state index in [1.54, 1.807) is 12.1 Å². The van der Waals surface area contributed by atoms with Gasteiger partial charge in [0.15, 0.2) is 0 Å². The molecule has 3 N–H and O–H groups in total. The number of aryl methyl sites for hydroxylation is 1. The number of carbonyl (C=O) groups is 1. The third kappa shape index (κ3) is 3.14. The van der Waals surface area contributed by atoms with Crippen LogP contribution in [0.4, 0.5) is 11.4 Å². The summed E-state index contributed by atoms with van der Waals surface area (Å²) in [7, 11) is 0. The number of benzene rings is 2. The number of para-hydroxylation sites is 1. The van der Waals surface area contributed by atoms with Gasteiger partial charge in [0.05, 0.1) is 23.3 Å². The highest BCUT2D eigenvalue weighted by atomic mass is 79.9. The first-order valence-electron chi connectivity index (χ1n) is 8.57. The second-order valence-corrected chi connectivity index (χ2v) is 7.50. The molecule has 0 aliphatic carbocycles. The fourth-order valence-corrected chi connectivity index (χ4v) is 3.94. The molecule has 1 aromatic heterocycles. The normalized spacial score (nSPS) is 16.5. The highest BCUT2D eigenvalue weighted by Crippen LogP contribution is 2.31. The Morgan fingerprint density at radius 3 is 2.81 bits per heavy atom. The highest BCUT2D eigenvalue weighted by molar-refractivity contribution is 9.10. The van der Waals surface area contributed by atoms with Crippen molar-refractivity contribution in [3.8, 4) is 0 Å². The molecule has 1 amide bonds. The first-order chi connectivity index (χ1) is 12.5. The molecule has 134 valence electrons. The van der Waals surface area contributed by atoms with E-state index in [1.807, 2.05) is 12.1 Å². The average Bonchev–Trinajstić information content (AvgIpc) is 2.96. The number of imidazole rings is 1. The van der Waals surface area contributed by atoms with E-state index in [4.69, 9.17) is 0 Å². The van der Waals surface area contributed by atoms with Crippen LogP contribution in [-0.2, 0) is 11.2 Å². The van der Waals surface area contributed by atoms with Crippen LogP contribution in [0.2, 0.25) is 0 Å². The Morgan fingerprint density at radius 1 is 1.27 bits per heavy atom. The maximum atomic E-state index is 12.7. The molecule has 6 nitrogen and oxygen atoms in total. The summed E-state index contributed by atoms with van der Waals surface area (Å²) >= 11 is 3.45. The number of H-pyrrole nitrogens is 2. The number of rotatable bonds is 3. The molecular weight excluding hydrogens is 396 g/mol. The van der Waals surface area contributed by atoms with Gasteiger partial charge in [-0.2, -0.15) is 0 Å². The van der Waals surface area contributed by atoms with Crippen molar-refractivity contribution >= 4 is 44.2 Å². The second-order valence-electron chi connectivity index (χ2n) is 6.65. The zero-order valence-electron chi connectivity index (χ0n) is 14.3.